The molecule has 0 aliphatic carbocycles. The number of carbonyl (C=O) groups excluding carboxylic acids is 1. The summed E-state index contributed by atoms with van der Waals surface area (Å²) in [7, 11) is 4.78. The molecule has 1 aromatic rings. The fraction of sp³-hybridized carbons (Fsp3) is 0.417. The second kappa shape index (κ2) is 6.32. The van der Waals surface area contributed by atoms with Gasteiger partial charge in [-0.25, -0.2) is 9.40 Å². The fourth-order valence-corrected chi connectivity index (χ4v) is 1.49. The van der Waals surface area contributed by atoms with Gasteiger partial charge in [0.2, 0.25) is 0 Å². The summed E-state index contributed by atoms with van der Waals surface area (Å²) in [5.41, 5.74) is 8.92. The summed E-state index contributed by atoms with van der Waals surface area (Å²) in [5, 5.41) is 1.51. The molecular formula is C12H18FN3O2. The monoisotopic (exact) mass is 255 g/mol. The second-order valence-corrected chi connectivity index (χ2v) is 4.15. The zero-order valence-corrected chi connectivity index (χ0v) is 10.7. The highest BCUT2D eigenvalue weighted by molar-refractivity contribution is 5.81. The van der Waals surface area contributed by atoms with Crippen LogP contribution in [0.3, 0.4) is 0 Å². The minimum atomic E-state index is -0.722. The Morgan fingerprint density at radius 3 is 2.72 bits per heavy atom. The van der Waals surface area contributed by atoms with E-state index in [0.29, 0.717) is 5.56 Å². The molecular weight excluding hydrogens is 237 g/mol. The predicted octanol–water partition coefficient (Wildman–Crippen LogP) is 0.297. The number of benzene rings is 1. The smallest absolute Gasteiger partial charge is 0.251 e. The third-order valence-corrected chi connectivity index (χ3v) is 2.34. The zero-order chi connectivity index (χ0) is 13.7. The van der Waals surface area contributed by atoms with Crippen LogP contribution in [0.2, 0.25) is 0 Å². The summed E-state index contributed by atoms with van der Waals surface area (Å²) in [4.78, 5) is 11.6. The van der Waals surface area contributed by atoms with Gasteiger partial charge in [0.05, 0.1) is 13.2 Å². The molecule has 1 aromatic carbocycles. The van der Waals surface area contributed by atoms with Crippen molar-refractivity contribution < 1.29 is 13.9 Å². The molecule has 0 radical (unpaired) electrons. The number of nitrogens with one attached hydrogen (secondary N) is 1. The highest BCUT2D eigenvalue weighted by atomic mass is 19.1. The maximum absolute atomic E-state index is 13.4. The highest BCUT2D eigenvalue weighted by Gasteiger charge is 2.15. The number of halogens is 1. The van der Waals surface area contributed by atoms with Crippen LogP contribution in [0.1, 0.15) is 5.56 Å². The van der Waals surface area contributed by atoms with E-state index in [0.717, 1.165) is 0 Å². The normalized spacial score (nSPS) is 12.3. The van der Waals surface area contributed by atoms with Crippen molar-refractivity contribution in [2.24, 2.45) is 5.73 Å². The molecule has 0 aromatic heterocycles. The molecule has 5 nitrogen and oxygen atoms in total. The molecule has 0 heterocycles. The van der Waals surface area contributed by atoms with Crippen LogP contribution in [0.5, 0.6) is 5.75 Å². The first kappa shape index (κ1) is 14.4. The Morgan fingerprint density at radius 1 is 1.56 bits per heavy atom. The fourth-order valence-electron chi connectivity index (χ4n) is 1.49. The Hall–Kier alpha value is -1.66. The number of hydrogen-bond acceptors (Lipinski definition) is 4. The van der Waals surface area contributed by atoms with E-state index in [2.05, 4.69) is 5.43 Å². The summed E-state index contributed by atoms with van der Waals surface area (Å²) >= 11 is 0. The van der Waals surface area contributed by atoms with Crippen LogP contribution >= 0.6 is 0 Å². The van der Waals surface area contributed by atoms with Crippen LogP contribution in [0, 0.1) is 5.82 Å². The van der Waals surface area contributed by atoms with Crippen LogP contribution < -0.4 is 15.9 Å². The Morgan fingerprint density at radius 2 is 2.22 bits per heavy atom. The van der Waals surface area contributed by atoms with E-state index in [4.69, 9.17) is 10.5 Å². The van der Waals surface area contributed by atoms with Crippen molar-refractivity contribution in [1.29, 1.82) is 0 Å². The second-order valence-electron chi connectivity index (χ2n) is 4.15. The summed E-state index contributed by atoms with van der Waals surface area (Å²) in [6, 6.07) is 3.80. The zero-order valence-electron chi connectivity index (χ0n) is 10.7. The summed E-state index contributed by atoms with van der Waals surface area (Å²) in [6.45, 7) is 0. The van der Waals surface area contributed by atoms with Crippen molar-refractivity contribution in [3.8, 4) is 5.75 Å². The van der Waals surface area contributed by atoms with E-state index >= 15 is 0 Å². The Kier molecular flexibility index (Phi) is 5.06. The lowest BCUT2D eigenvalue weighted by atomic mass is 10.1. The van der Waals surface area contributed by atoms with Crippen molar-refractivity contribution >= 4 is 5.91 Å². The number of hydrogen-bond donors (Lipinski definition) is 2. The first-order chi connectivity index (χ1) is 8.43. The molecule has 100 valence electrons. The molecule has 1 unspecified atom stereocenters. The molecule has 0 fully saturated rings. The molecule has 0 spiro atoms. The van der Waals surface area contributed by atoms with Gasteiger partial charge in [-0.15, -0.1) is 0 Å². The number of amides is 1. The minimum absolute atomic E-state index is 0.171. The summed E-state index contributed by atoms with van der Waals surface area (Å²) in [6.07, 6.45) is 0.264. The Balaban J connectivity index is 2.67. The molecule has 0 saturated heterocycles. The average Bonchev–Trinajstić information content (AvgIpc) is 2.28. The van der Waals surface area contributed by atoms with E-state index in [1.807, 2.05) is 0 Å². The quantitative estimate of drug-likeness (QED) is 0.742. The van der Waals surface area contributed by atoms with Gasteiger partial charge in [-0.1, -0.05) is 6.07 Å². The van der Waals surface area contributed by atoms with Gasteiger partial charge in [0.25, 0.3) is 5.91 Å². The van der Waals surface area contributed by atoms with E-state index in [9.17, 15) is 9.18 Å². The van der Waals surface area contributed by atoms with E-state index < -0.39 is 11.9 Å². The van der Waals surface area contributed by atoms with E-state index in [1.165, 1.54) is 24.3 Å². The predicted molar refractivity (Wildman–Crippen MR) is 66.5 cm³/mol. The number of methoxy groups -OCH3 is 1. The molecule has 0 saturated carbocycles. The lowest BCUT2D eigenvalue weighted by Gasteiger charge is -2.16. The van der Waals surface area contributed by atoms with Crippen LogP contribution in [0.15, 0.2) is 18.2 Å². The van der Waals surface area contributed by atoms with Crippen molar-refractivity contribution in [1.82, 2.24) is 10.4 Å². The highest BCUT2D eigenvalue weighted by Crippen LogP contribution is 2.18. The van der Waals surface area contributed by atoms with Gasteiger partial charge >= 0.3 is 0 Å². The van der Waals surface area contributed by atoms with Crippen LogP contribution in [0.25, 0.3) is 0 Å². The van der Waals surface area contributed by atoms with E-state index in [-0.39, 0.29) is 18.1 Å². The third-order valence-electron chi connectivity index (χ3n) is 2.34. The topological polar surface area (TPSA) is 67.6 Å². The average molecular weight is 255 g/mol. The van der Waals surface area contributed by atoms with E-state index in [1.54, 1.807) is 20.2 Å². The standard InChI is InChI=1S/C12H18FN3O2/c1-16(2)15-12(17)10(14)7-8-4-5-11(18-3)9(13)6-8/h4-6,10H,7,14H2,1-3H3,(H,15,17). The first-order valence-electron chi connectivity index (χ1n) is 5.50. The van der Waals surface area contributed by atoms with Crippen LogP contribution in [-0.4, -0.2) is 38.2 Å². The summed E-state index contributed by atoms with van der Waals surface area (Å²) in [5.74, 6) is -0.600. The van der Waals surface area contributed by atoms with Gasteiger partial charge in [0.15, 0.2) is 11.6 Å². The van der Waals surface area contributed by atoms with Gasteiger partial charge < -0.3 is 10.5 Å². The number of nitrogens with zero attached hydrogens (tertiary/aromatic N) is 1. The van der Waals surface area contributed by atoms with Gasteiger partial charge in [-0.05, 0) is 24.1 Å². The molecule has 1 amide bonds. The number of carbonyl (C=O) groups is 1. The summed E-state index contributed by atoms with van der Waals surface area (Å²) < 4.78 is 18.3. The maximum Gasteiger partial charge on any atom is 0.251 e. The Bertz CT molecular complexity index is 424. The minimum Gasteiger partial charge on any atom is -0.494 e. The van der Waals surface area contributed by atoms with Crippen molar-refractivity contribution in [2.75, 3.05) is 21.2 Å². The SMILES string of the molecule is COc1ccc(CC(N)C(=O)NN(C)C)cc1F. The Labute approximate surface area is 106 Å². The number of ether oxygens (including phenoxy) is 1. The first-order valence-corrected chi connectivity index (χ1v) is 5.50. The van der Waals surface area contributed by atoms with Gasteiger partial charge in [0.1, 0.15) is 0 Å². The van der Waals surface area contributed by atoms with Crippen LogP contribution in [-0.2, 0) is 11.2 Å². The van der Waals surface area contributed by atoms with Crippen molar-refractivity contribution in [3.05, 3.63) is 29.6 Å². The van der Waals surface area contributed by atoms with Gasteiger partial charge in [0, 0.05) is 14.1 Å². The molecule has 18 heavy (non-hydrogen) atoms. The lowest BCUT2D eigenvalue weighted by molar-refractivity contribution is -0.126. The largest absolute Gasteiger partial charge is 0.494 e. The molecule has 1 atom stereocenters. The molecule has 6 heteroatoms. The van der Waals surface area contributed by atoms with Crippen molar-refractivity contribution in [3.63, 3.8) is 0 Å². The van der Waals surface area contributed by atoms with Gasteiger partial charge in [-0.2, -0.15) is 0 Å². The van der Waals surface area contributed by atoms with Crippen molar-refractivity contribution in [2.45, 2.75) is 12.5 Å². The number of hydrazine groups is 1. The molecule has 0 aliphatic heterocycles. The molecule has 1 rings (SSSR count). The maximum atomic E-state index is 13.4. The lowest BCUT2D eigenvalue weighted by Crippen LogP contribution is -2.47. The number of nitrogens with two attached hydrogens (primary N) is 1. The van der Waals surface area contributed by atoms with Gasteiger partial charge in [-0.3, -0.25) is 10.2 Å². The molecule has 0 aliphatic rings. The molecule has 0 bridgehead atoms. The third kappa shape index (κ3) is 3.97. The van der Waals surface area contributed by atoms with Crippen LogP contribution in [0.4, 0.5) is 4.39 Å². The molecule has 3 N–H and O–H groups in total. The number of rotatable bonds is 5.